The summed E-state index contributed by atoms with van der Waals surface area (Å²) in [6.45, 7) is 3.71. The maximum atomic E-state index is 13.3. The summed E-state index contributed by atoms with van der Waals surface area (Å²) in [6, 6.07) is 7.71. The number of aromatic nitrogens is 2. The van der Waals surface area contributed by atoms with Crippen LogP contribution in [0.3, 0.4) is 0 Å². The fraction of sp³-hybridized carbons (Fsp3) is 0.200. The molecular formula is C15H15FN4O. The first-order chi connectivity index (χ1) is 10.1. The average molecular weight is 286 g/mol. The summed E-state index contributed by atoms with van der Waals surface area (Å²) in [5, 5.41) is 8.80. The van der Waals surface area contributed by atoms with Crippen LogP contribution in [-0.4, -0.2) is 10.2 Å². The van der Waals surface area contributed by atoms with Crippen LogP contribution >= 0.6 is 0 Å². The predicted molar refractivity (Wildman–Crippen MR) is 76.8 cm³/mol. The van der Waals surface area contributed by atoms with Crippen molar-refractivity contribution in [1.29, 1.82) is 0 Å². The van der Waals surface area contributed by atoms with Crippen molar-refractivity contribution >= 4 is 11.0 Å². The van der Waals surface area contributed by atoms with Crippen LogP contribution in [0.25, 0.3) is 11.0 Å². The van der Waals surface area contributed by atoms with Crippen LogP contribution < -0.4 is 11.3 Å². The van der Waals surface area contributed by atoms with Crippen LogP contribution in [0.1, 0.15) is 28.8 Å². The summed E-state index contributed by atoms with van der Waals surface area (Å²) in [6.07, 6.45) is 0. The number of rotatable bonds is 3. The molecule has 2 aromatic heterocycles. The van der Waals surface area contributed by atoms with Crippen LogP contribution in [0, 0.1) is 19.7 Å². The summed E-state index contributed by atoms with van der Waals surface area (Å²) in [4.78, 5) is 0. The van der Waals surface area contributed by atoms with E-state index in [-0.39, 0.29) is 11.9 Å². The molecule has 5 nitrogen and oxygen atoms in total. The van der Waals surface area contributed by atoms with E-state index in [1.807, 2.05) is 19.9 Å². The molecule has 0 spiro atoms. The van der Waals surface area contributed by atoms with E-state index in [4.69, 9.17) is 10.3 Å². The molecule has 0 bridgehead atoms. The van der Waals surface area contributed by atoms with Gasteiger partial charge in [-0.05, 0) is 44.2 Å². The van der Waals surface area contributed by atoms with Gasteiger partial charge in [0, 0.05) is 10.9 Å². The predicted octanol–water partition coefficient (Wildman–Crippen LogP) is 2.53. The van der Waals surface area contributed by atoms with E-state index in [1.165, 1.54) is 12.1 Å². The van der Waals surface area contributed by atoms with Crippen LogP contribution in [0.4, 0.5) is 4.39 Å². The van der Waals surface area contributed by atoms with E-state index in [0.717, 1.165) is 17.0 Å². The number of hydrogen-bond donors (Lipinski definition) is 2. The summed E-state index contributed by atoms with van der Waals surface area (Å²) in [7, 11) is 0. The molecule has 0 aliphatic carbocycles. The minimum absolute atomic E-state index is 0.301. The minimum Gasteiger partial charge on any atom is -0.459 e. The molecule has 6 heteroatoms. The Labute approximate surface area is 120 Å². The largest absolute Gasteiger partial charge is 0.459 e. The quantitative estimate of drug-likeness (QED) is 0.571. The number of benzene rings is 1. The molecular weight excluding hydrogens is 271 g/mol. The van der Waals surface area contributed by atoms with Gasteiger partial charge in [0.15, 0.2) is 0 Å². The molecule has 3 aromatic rings. The van der Waals surface area contributed by atoms with Gasteiger partial charge in [-0.25, -0.2) is 9.82 Å². The second kappa shape index (κ2) is 5.23. The Morgan fingerprint density at radius 2 is 2.00 bits per heavy atom. The van der Waals surface area contributed by atoms with Gasteiger partial charge < -0.3 is 4.42 Å². The number of furan rings is 1. The Morgan fingerprint density at radius 1 is 1.19 bits per heavy atom. The smallest absolute Gasteiger partial charge is 0.134 e. The lowest BCUT2D eigenvalue weighted by molar-refractivity contribution is 0.474. The van der Waals surface area contributed by atoms with Gasteiger partial charge in [0.25, 0.3) is 0 Å². The summed E-state index contributed by atoms with van der Waals surface area (Å²) >= 11 is 0. The number of nitrogens with two attached hydrogens (primary N) is 1. The highest BCUT2D eigenvalue weighted by atomic mass is 19.1. The Hall–Kier alpha value is -2.31. The molecule has 3 rings (SSSR count). The number of aryl methyl sites for hydroxylation is 2. The second-order valence-electron chi connectivity index (χ2n) is 4.96. The van der Waals surface area contributed by atoms with E-state index in [1.54, 1.807) is 12.1 Å². The first kappa shape index (κ1) is 13.7. The van der Waals surface area contributed by atoms with Crippen LogP contribution in [0.15, 0.2) is 34.7 Å². The zero-order valence-electron chi connectivity index (χ0n) is 11.7. The second-order valence-corrected chi connectivity index (χ2v) is 4.96. The molecule has 0 amide bonds. The Morgan fingerprint density at radius 3 is 2.76 bits per heavy atom. The van der Waals surface area contributed by atoms with Crippen molar-refractivity contribution in [2.24, 2.45) is 5.84 Å². The van der Waals surface area contributed by atoms with Gasteiger partial charge in [-0.2, -0.15) is 10.2 Å². The molecule has 2 heterocycles. The first-order valence-electron chi connectivity index (χ1n) is 6.54. The third kappa shape index (κ3) is 2.51. The van der Waals surface area contributed by atoms with Gasteiger partial charge in [0.05, 0.1) is 11.4 Å². The van der Waals surface area contributed by atoms with Crippen LogP contribution in [-0.2, 0) is 0 Å². The maximum Gasteiger partial charge on any atom is 0.134 e. The highest BCUT2D eigenvalue weighted by Crippen LogP contribution is 2.29. The number of halogens is 1. The van der Waals surface area contributed by atoms with Crippen LogP contribution in [0.2, 0.25) is 0 Å². The maximum absolute atomic E-state index is 13.3. The molecule has 21 heavy (non-hydrogen) atoms. The molecule has 1 atom stereocenters. The monoisotopic (exact) mass is 286 g/mol. The Bertz CT molecular complexity index is 799. The fourth-order valence-electron chi connectivity index (χ4n) is 2.36. The third-order valence-electron chi connectivity index (χ3n) is 3.40. The SMILES string of the molecule is Cc1cc(C(NN)c2cc3cc(F)ccc3o2)c(C)nn1. The molecule has 1 aromatic carbocycles. The van der Waals surface area contributed by atoms with Gasteiger partial charge in [-0.1, -0.05) is 0 Å². The summed E-state index contributed by atoms with van der Waals surface area (Å²) in [5.74, 6) is 5.98. The highest BCUT2D eigenvalue weighted by Gasteiger charge is 2.20. The van der Waals surface area contributed by atoms with Crippen molar-refractivity contribution in [3.8, 4) is 0 Å². The summed E-state index contributed by atoms with van der Waals surface area (Å²) < 4.78 is 19.0. The number of nitrogens with zero attached hydrogens (tertiary/aromatic N) is 2. The Balaban J connectivity index is 2.11. The lowest BCUT2D eigenvalue weighted by Crippen LogP contribution is -2.29. The molecule has 0 aliphatic heterocycles. The molecule has 0 fully saturated rings. The normalized spacial score (nSPS) is 12.8. The van der Waals surface area contributed by atoms with Gasteiger partial charge in [-0.3, -0.25) is 5.84 Å². The zero-order valence-corrected chi connectivity index (χ0v) is 11.7. The lowest BCUT2D eigenvalue weighted by atomic mass is 10.0. The van der Waals surface area contributed by atoms with Gasteiger partial charge in [-0.15, -0.1) is 0 Å². The van der Waals surface area contributed by atoms with Crippen molar-refractivity contribution in [2.45, 2.75) is 19.9 Å². The van der Waals surface area contributed by atoms with E-state index in [2.05, 4.69) is 15.6 Å². The molecule has 0 aliphatic rings. The van der Waals surface area contributed by atoms with E-state index >= 15 is 0 Å². The molecule has 0 radical (unpaired) electrons. The Kier molecular flexibility index (Phi) is 3.40. The first-order valence-corrected chi connectivity index (χ1v) is 6.54. The molecule has 3 N–H and O–H groups in total. The zero-order chi connectivity index (χ0) is 15.0. The topological polar surface area (TPSA) is 77.0 Å². The minimum atomic E-state index is -0.366. The van der Waals surface area contributed by atoms with Crippen molar-refractivity contribution in [3.05, 3.63) is 58.9 Å². The van der Waals surface area contributed by atoms with E-state index < -0.39 is 0 Å². The fourth-order valence-corrected chi connectivity index (χ4v) is 2.36. The van der Waals surface area contributed by atoms with E-state index in [0.29, 0.717) is 16.7 Å². The van der Waals surface area contributed by atoms with Crippen molar-refractivity contribution < 1.29 is 8.81 Å². The number of hydrazine groups is 1. The highest BCUT2D eigenvalue weighted by molar-refractivity contribution is 5.78. The molecule has 108 valence electrons. The standard InChI is InChI=1S/C15H15FN4O/c1-8-5-12(9(2)20-19-8)15(18-17)14-7-10-6-11(16)3-4-13(10)21-14/h3-7,15,18H,17H2,1-2H3. The number of hydrogen-bond acceptors (Lipinski definition) is 5. The van der Waals surface area contributed by atoms with Gasteiger partial charge in [0.1, 0.15) is 23.2 Å². The molecule has 0 saturated carbocycles. The van der Waals surface area contributed by atoms with Crippen molar-refractivity contribution in [1.82, 2.24) is 15.6 Å². The van der Waals surface area contributed by atoms with Crippen molar-refractivity contribution in [2.75, 3.05) is 0 Å². The average Bonchev–Trinajstić information content (AvgIpc) is 2.86. The van der Waals surface area contributed by atoms with Crippen molar-refractivity contribution in [3.63, 3.8) is 0 Å². The number of fused-ring (bicyclic) bond motifs is 1. The van der Waals surface area contributed by atoms with Gasteiger partial charge in [0.2, 0.25) is 0 Å². The van der Waals surface area contributed by atoms with Gasteiger partial charge >= 0.3 is 0 Å². The third-order valence-corrected chi connectivity index (χ3v) is 3.40. The lowest BCUT2D eigenvalue weighted by Gasteiger charge is -2.15. The molecule has 1 unspecified atom stereocenters. The van der Waals surface area contributed by atoms with E-state index in [9.17, 15) is 4.39 Å². The molecule has 0 saturated heterocycles. The number of nitrogens with one attached hydrogen (secondary N) is 1. The summed E-state index contributed by atoms with van der Waals surface area (Å²) in [5.41, 5.74) is 5.77. The van der Waals surface area contributed by atoms with Crippen LogP contribution in [0.5, 0.6) is 0 Å².